The zero-order chi connectivity index (χ0) is 20.5. The average Bonchev–Trinajstić information content (AvgIpc) is 3.49. The van der Waals surface area contributed by atoms with Crippen LogP contribution < -0.4 is 10.9 Å². The summed E-state index contributed by atoms with van der Waals surface area (Å²) in [6.45, 7) is 5.83. The standard InChI is InChI=1S/C22H25N3O3S/c1-4-28-22(27)18-12(2)16-20(26)24-19(25-21(16)29-18)13(3)23-17(15-10-11-15)14-8-6-5-7-9-14/h5-9,13,15,17,23H,4,10-11H2,1-3H3,(H,24,25,26). The fraction of sp³-hybridized carbons (Fsp3) is 0.409. The Hall–Kier alpha value is -2.51. The topological polar surface area (TPSA) is 84.1 Å². The highest BCUT2D eigenvalue weighted by molar-refractivity contribution is 7.20. The number of nitrogens with one attached hydrogen (secondary N) is 2. The van der Waals surface area contributed by atoms with Gasteiger partial charge in [-0.15, -0.1) is 11.3 Å². The van der Waals surface area contributed by atoms with Gasteiger partial charge in [0, 0.05) is 6.04 Å². The van der Waals surface area contributed by atoms with Crippen LogP contribution in [0.4, 0.5) is 0 Å². The van der Waals surface area contributed by atoms with Crippen LogP contribution in [0.3, 0.4) is 0 Å². The number of aromatic amines is 1. The van der Waals surface area contributed by atoms with Crippen LogP contribution in [0.1, 0.15) is 65.4 Å². The molecule has 6 nitrogen and oxygen atoms in total. The van der Waals surface area contributed by atoms with E-state index in [9.17, 15) is 9.59 Å². The number of nitrogens with zero attached hydrogens (tertiary/aromatic N) is 1. The Kier molecular flexibility index (Phi) is 5.52. The van der Waals surface area contributed by atoms with E-state index in [2.05, 4.69) is 39.6 Å². The molecule has 2 aromatic heterocycles. The van der Waals surface area contributed by atoms with Crippen molar-refractivity contribution in [3.05, 3.63) is 62.5 Å². The van der Waals surface area contributed by atoms with Crippen LogP contribution >= 0.6 is 11.3 Å². The third-order valence-electron chi connectivity index (χ3n) is 5.37. The number of aryl methyl sites for hydroxylation is 1. The second kappa shape index (κ2) is 8.08. The highest BCUT2D eigenvalue weighted by Gasteiger charge is 2.33. The van der Waals surface area contributed by atoms with Crippen LogP contribution in [0, 0.1) is 12.8 Å². The van der Waals surface area contributed by atoms with Crippen LogP contribution in [0.25, 0.3) is 10.2 Å². The number of thiophene rings is 1. The van der Waals surface area contributed by atoms with E-state index in [0.29, 0.717) is 39.0 Å². The summed E-state index contributed by atoms with van der Waals surface area (Å²) in [6.07, 6.45) is 2.41. The maximum Gasteiger partial charge on any atom is 0.348 e. The first-order valence-electron chi connectivity index (χ1n) is 10.0. The molecule has 3 aromatic rings. The minimum absolute atomic E-state index is 0.133. The summed E-state index contributed by atoms with van der Waals surface area (Å²) in [5, 5.41) is 4.12. The van der Waals surface area contributed by atoms with E-state index in [0.717, 1.165) is 0 Å². The smallest absolute Gasteiger partial charge is 0.348 e. The van der Waals surface area contributed by atoms with Crippen molar-refractivity contribution in [2.24, 2.45) is 5.92 Å². The molecule has 4 rings (SSSR count). The number of ether oxygens (including phenoxy) is 1. The first kappa shape index (κ1) is 19.8. The summed E-state index contributed by atoms with van der Waals surface area (Å²) >= 11 is 1.22. The van der Waals surface area contributed by atoms with E-state index in [1.54, 1.807) is 13.8 Å². The first-order valence-corrected chi connectivity index (χ1v) is 10.8. The molecule has 1 fully saturated rings. The number of benzene rings is 1. The quantitative estimate of drug-likeness (QED) is 0.567. The third-order valence-corrected chi connectivity index (χ3v) is 6.54. The molecule has 0 spiro atoms. The minimum Gasteiger partial charge on any atom is -0.462 e. The van der Waals surface area contributed by atoms with E-state index in [-0.39, 0.29) is 17.6 Å². The molecule has 1 aliphatic rings. The highest BCUT2D eigenvalue weighted by atomic mass is 32.1. The zero-order valence-electron chi connectivity index (χ0n) is 16.8. The van der Waals surface area contributed by atoms with Crippen molar-refractivity contribution < 1.29 is 9.53 Å². The predicted molar refractivity (Wildman–Crippen MR) is 114 cm³/mol. The van der Waals surface area contributed by atoms with E-state index >= 15 is 0 Å². The Morgan fingerprint density at radius 1 is 1.34 bits per heavy atom. The normalized spacial score (nSPS) is 16.0. The maximum atomic E-state index is 12.8. The number of fused-ring (bicyclic) bond motifs is 1. The van der Waals surface area contributed by atoms with Gasteiger partial charge in [-0.05, 0) is 50.7 Å². The molecule has 2 unspecified atom stereocenters. The summed E-state index contributed by atoms with van der Waals surface area (Å²) in [5.41, 5.74) is 1.66. The monoisotopic (exact) mass is 411 g/mol. The van der Waals surface area contributed by atoms with Gasteiger partial charge in [0.15, 0.2) is 0 Å². The van der Waals surface area contributed by atoms with Crippen molar-refractivity contribution in [3.63, 3.8) is 0 Å². The Morgan fingerprint density at radius 3 is 2.72 bits per heavy atom. The summed E-state index contributed by atoms with van der Waals surface area (Å²) in [5.74, 6) is 0.786. The lowest BCUT2D eigenvalue weighted by Gasteiger charge is -2.23. The Morgan fingerprint density at radius 2 is 2.07 bits per heavy atom. The lowest BCUT2D eigenvalue weighted by atomic mass is 10.0. The Labute approximate surface area is 173 Å². The molecule has 2 heterocycles. The molecule has 7 heteroatoms. The van der Waals surface area contributed by atoms with Gasteiger partial charge in [0.1, 0.15) is 15.5 Å². The van der Waals surface area contributed by atoms with Gasteiger partial charge in [0.25, 0.3) is 5.56 Å². The van der Waals surface area contributed by atoms with Gasteiger partial charge in [0.05, 0.1) is 18.0 Å². The van der Waals surface area contributed by atoms with Crippen molar-refractivity contribution >= 4 is 27.5 Å². The average molecular weight is 412 g/mol. The molecule has 0 amide bonds. The lowest BCUT2D eigenvalue weighted by molar-refractivity contribution is 0.0531. The van der Waals surface area contributed by atoms with E-state index in [1.165, 1.54) is 29.7 Å². The van der Waals surface area contributed by atoms with Gasteiger partial charge in [-0.3, -0.25) is 4.79 Å². The van der Waals surface area contributed by atoms with Crippen LogP contribution in [0.15, 0.2) is 35.1 Å². The molecule has 1 aromatic carbocycles. The summed E-state index contributed by atoms with van der Waals surface area (Å²) in [6, 6.07) is 10.5. The van der Waals surface area contributed by atoms with E-state index in [1.807, 2.05) is 13.0 Å². The van der Waals surface area contributed by atoms with Crippen LogP contribution in [-0.2, 0) is 4.74 Å². The minimum atomic E-state index is -0.405. The fourth-order valence-electron chi connectivity index (χ4n) is 3.70. The number of carbonyl (C=O) groups is 1. The number of esters is 1. The molecular formula is C22H25N3O3S. The lowest BCUT2D eigenvalue weighted by Crippen LogP contribution is -2.29. The third kappa shape index (κ3) is 3.97. The number of hydrogen-bond acceptors (Lipinski definition) is 6. The largest absolute Gasteiger partial charge is 0.462 e. The number of hydrogen-bond donors (Lipinski definition) is 2. The maximum absolute atomic E-state index is 12.8. The second-order valence-electron chi connectivity index (χ2n) is 7.52. The number of carbonyl (C=O) groups excluding carboxylic acids is 1. The van der Waals surface area contributed by atoms with Gasteiger partial charge in [-0.25, -0.2) is 9.78 Å². The molecule has 0 radical (unpaired) electrons. The summed E-state index contributed by atoms with van der Waals surface area (Å²) in [7, 11) is 0. The molecule has 0 bridgehead atoms. The van der Waals surface area contributed by atoms with Gasteiger partial charge in [-0.2, -0.15) is 0 Å². The molecule has 29 heavy (non-hydrogen) atoms. The van der Waals surface area contributed by atoms with Crippen LogP contribution in [-0.4, -0.2) is 22.5 Å². The number of H-pyrrole nitrogens is 1. The van der Waals surface area contributed by atoms with Crippen LogP contribution in [0.5, 0.6) is 0 Å². The predicted octanol–water partition coefficient (Wildman–Crippen LogP) is 4.27. The highest BCUT2D eigenvalue weighted by Crippen LogP contribution is 2.42. The molecule has 0 aliphatic heterocycles. The molecule has 1 aliphatic carbocycles. The number of rotatable bonds is 7. The van der Waals surface area contributed by atoms with Gasteiger partial charge < -0.3 is 15.0 Å². The zero-order valence-corrected chi connectivity index (χ0v) is 17.6. The molecule has 0 saturated heterocycles. The van der Waals surface area contributed by atoms with Crippen LogP contribution in [0.2, 0.25) is 0 Å². The van der Waals surface area contributed by atoms with Crippen molar-refractivity contribution in [3.8, 4) is 0 Å². The number of aromatic nitrogens is 2. The molecular weight excluding hydrogens is 386 g/mol. The molecule has 2 N–H and O–H groups in total. The van der Waals surface area contributed by atoms with E-state index < -0.39 is 5.97 Å². The van der Waals surface area contributed by atoms with Crippen molar-refractivity contribution in [2.75, 3.05) is 6.61 Å². The molecule has 1 saturated carbocycles. The Bertz CT molecular complexity index is 1090. The SMILES string of the molecule is CCOC(=O)c1sc2nc(C(C)NC(c3ccccc3)C3CC3)[nH]c(=O)c2c1C. The van der Waals surface area contributed by atoms with Gasteiger partial charge >= 0.3 is 5.97 Å². The van der Waals surface area contributed by atoms with Crippen molar-refractivity contribution in [2.45, 2.75) is 45.7 Å². The summed E-state index contributed by atoms with van der Waals surface area (Å²) < 4.78 is 5.11. The first-order chi connectivity index (χ1) is 14.0. The van der Waals surface area contributed by atoms with Crippen molar-refractivity contribution in [1.82, 2.24) is 15.3 Å². The molecule has 2 atom stereocenters. The van der Waals surface area contributed by atoms with Crippen molar-refractivity contribution in [1.29, 1.82) is 0 Å². The second-order valence-corrected chi connectivity index (χ2v) is 8.52. The fourth-order valence-corrected chi connectivity index (χ4v) is 4.78. The van der Waals surface area contributed by atoms with E-state index in [4.69, 9.17) is 4.74 Å². The van der Waals surface area contributed by atoms with Gasteiger partial charge in [-0.1, -0.05) is 30.3 Å². The molecule has 152 valence electrons. The van der Waals surface area contributed by atoms with Gasteiger partial charge in [0.2, 0.25) is 0 Å². The Balaban J connectivity index is 1.65. The summed E-state index contributed by atoms with van der Waals surface area (Å²) in [4.78, 5) is 33.5.